The largest absolute Gasteiger partial charge is 0.447 e. The van der Waals surface area contributed by atoms with Gasteiger partial charge in [-0.15, -0.1) is 0 Å². The van der Waals surface area contributed by atoms with Gasteiger partial charge >= 0.3 is 0 Å². The summed E-state index contributed by atoms with van der Waals surface area (Å²) in [6.07, 6.45) is 3.91. The van der Waals surface area contributed by atoms with E-state index in [1.54, 1.807) is 11.9 Å². The fourth-order valence-electron chi connectivity index (χ4n) is 2.99. The van der Waals surface area contributed by atoms with E-state index in [9.17, 15) is 4.79 Å². The number of oxazole rings is 1. The Bertz CT molecular complexity index is 732. The second-order valence-corrected chi connectivity index (χ2v) is 7.48. The van der Waals surface area contributed by atoms with Crippen LogP contribution in [0, 0.1) is 0 Å². The molecule has 0 aliphatic heterocycles. The molecule has 0 spiro atoms. The van der Waals surface area contributed by atoms with Gasteiger partial charge in [-0.1, -0.05) is 38.1 Å². The molecule has 5 heteroatoms. The van der Waals surface area contributed by atoms with Gasteiger partial charge < -0.3 is 9.32 Å². The molecule has 2 aromatic rings. The van der Waals surface area contributed by atoms with Gasteiger partial charge in [-0.25, -0.2) is 4.98 Å². The number of hydrogen-bond donors (Lipinski definition) is 0. The average Bonchev–Trinajstić information content (AvgIpc) is 3.39. The maximum atomic E-state index is 12.2. The monoisotopic (exact) mass is 355 g/mol. The van der Waals surface area contributed by atoms with Gasteiger partial charge in [0.25, 0.3) is 5.91 Å². The summed E-state index contributed by atoms with van der Waals surface area (Å²) >= 11 is 0. The maximum absolute atomic E-state index is 12.2. The molecule has 26 heavy (non-hydrogen) atoms. The molecule has 140 valence electrons. The Hall–Kier alpha value is -2.14. The minimum Gasteiger partial charge on any atom is -0.447 e. The van der Waals surface area contributed by atoms with Crippen molar-refractivity contribution in [2.45, 2.75) is 58.7 Å². The number of benzene rings is 1. The molecule has 1 aromatic heterocycles. The number of carbonyl (C=O) groups excluding carboxylic acids is 1. The molecular weight excluding hydrogens is 326 g/mol. The molecule has 0 N–H and O–H groups in total. The number of hydrogen-bond acceptors (Lipinski definition) is 4. The van der Waals surface area contributed by atoms with Crippen LogP contribution in [0.4, 0.5) is 0 Å². The van der Waals surface area contributed by atoms with E-state index >= 15 is 0 Å². The van der Waals surface area contributed by atoms with Crippen molar-refractivity contribution in [2.24, 2.45) is 0 Å². The lowest BCUT2D eigenvalue weighted by Gasteiger charge is -2.20. The number of amides is 1. The minimum absolute atomic E-state index is 0.0928. The average molecular weight is 355 g/mol. The molecule has 1 aliphatic carbocycles. The van der Waals surface area contributed by atoms with Crippen LogP contribution >= 0.6 is 0 Å². The molecule has 0 unspecified atom stereocenters. The van der Waals surface area contributed by atoms with Gasteiger partial charge in [0.15, 0.2) is 5.69 Å². The highest BCUT2D eigenvalue weighted by atomic mass is 16.3. The highest BCUT2D eigenvalue weighted by Gasteiger charge is 2.30. The summed E-state index contributed by atoms with van der Waals surface area (Å²) in [5.41, 5.74) is 3.05. The van der Waals surface area contributed by atoms with E-state index in [0.717, 1.165) is 6.54 Å². The number of nitrogens with zero attached hydrogens (tertiary/aromatic N) is 3. The second kappa shape index (κ2) is 8.04. The molecule has 0 bridgehead atoms. The molecule has 1 fully saturated rings. The third-order valence-electron chi connectivity index (χ3n) is 5.03. The molecule has 1 amide bonds. The van der Waals surface area contributed by atoms with E-state index < -0.39 is 0 Å². The summed E-state index contributed by atoms with van der Waals surface area (Å²) in [5, 5.41) is 0. The molecule has 1 aromatic carbocycles. The Balaban J connectivity index is 1.66. The van der Waals surface area contributed by atoms with Gasteiger partial charge in [0.1, 0.15) is 6.26 Å². The van der Waals surface area contributed by atoms with Crippen LogP contribution in [-0.2, 0) is 13.1 Å². The van der Waals surface area contributed by atoms with E-state index in [1.807, 2.05) is 6.92 Å². The molecule has 1 aliphatic rings. The Labute approximate surface area is 156 Å². The molecule has 0 radical (unpaired) electrons. The lowest BCUT2D eigenvalue weighted by molar-refractivity contribution is 0.0796. The summed E-state index contributed by atoms with van der Waals surface area (Å²) in [7, 11) is 1.77. The zero-order valence-electron chi connectivity index (χ0n) is 16.2. The van der Waals surface area contributed by atoms with Crippen LogP contribution in [0.25, 0.3) is 0 Å². The predicted molar refractivity (Wildman–Crippen MR) is 102 cm³/mol. The molecule has 1 saturated carbocycles. The summed E-state index contributed by atoms with van der Waals surface area (Å²) in [6.45, 7) is 8.54. The normalized spacial score (nSPS) is 14.2. The van der Waals surface area contributed by atoms with Crippen molar-refractivity contribution in [3.05, 3.63) is 53.2 Å². The van der Waals surface area contributed by atoms with Crippen LogP contribution in [0.3, 0.4) is 0 Å². The van der Waals surface area contributed by atoms with Gasteiger partial charge in [0.05, 0.1) is 6.54 Å². The van der Waals surface area contributed by atoms with Gasteiger partial charge in [-0.05, 0) is 36.8 Å². The number of rotatable bonds is 8. The minimum atomic E-state index is -0.0928. The Kier molecular flexibility index (Phi) is 5.77. The third-order valence-corrected chi connectivity index (χ3v) is 5.03. The van der Waals surface area contributed by atoms with E-state index in [2.05, 4.69) is 48.0 Å². The van der Waals surface area contributed by atoms with Crippen LogP contribution in [-0.4, -0.2) is 40.3 Å². The highest BCUT2D eigenvalue weighted by Crippen LogP contribution is 2.30. The molecule has 3 rings (SSSR count). The van der Waals surface area contributed by atoms with E-state index in [4.69, 9.17) is 4.42 Å². The zero-order chi connectivity index (χ0) is 18.7. The van der Waals surface area contributed by atoms with Gasteiger partial charge in [-0.2, -0.15) is 0 Å². The van der Waals surface area contributed by atoms with Crippen molar-refractivity contribution in [3.63, 3.8) is 0 Å². The lowest BCUT2D eigenvalue weighted by atomic mass is 10.0. The van der Waals surface area contributed by atoms with E-state index in [-0.39, 0.29) is 5.91 Å². The smallest absolute Gasteiger partial charge is 0.275 e. The predicted octanol–water partition coefficient (Wildman–Crippen LogP) is 4.05. The summed E-state index contributed by atoms with van der Waals surface area (Å²) in [6, 6.07) is 9.45. The first-order valence-corrected chi connectivity index (χ1v) is 9.50. The Morgan fingerprint density at radius 3 is 2.50 bits per heavy atom. The molecule has 1 heterocycles. The first kappa shape index (κ1) is 18.6. The van der Waals surface area contributed by atoms with Crippen molar-refractivity contribution < 1.29 is 9.21 Å². The van der Waals surface area contributed by atoms with Crippen molar-refractivity contribution >= 4 is 5.91 Å². The third kappa shape index (κ3) is 4.52. The van der Waals surface area contributed by atoms with E-state index in [0.29, 0.717) is 36.6 Å². The quantitative estimate of drug-likeness (QED) is 0.717. The summed E-state index contributed by atoms with van der Waals surface area (Å²) < 4.78 is 5.58. The fourth-order valence-corrected chi connectivity index (χ4v) is 2.99. The van der Waals surface area contributed by atoms with Crippen molar-refractivity contribution in [3.8, 4) is 0 Å². The molecule has 5 nitrogen and oxygen atoms in total. The SMILES string of the molecule is CCN(C)C(=O)c1coc(CN(Cc2ccc(C(C)C)cc2)C2CC2)n1. The second-order valence-electron chi connectivity index (χ2n) is 7.48. The Morgan fingerprint density at radius 1 is 1.23 bits per heavy atom. The Morgan fingerprint density at radius 2 is 1.92 bits per heavy atom. The summed E-state index contributed by atoms with van der Waals surface area (Å²) in [4.78, 5) is 20.6. The van der Waals surface area contributed by atoms with E-state index in [1.165, 1.54) is 30.2 Å². The standard InChI is InChI=1S/C21H29N3O2/c1-5-23(4)21(25)19-14-26-20(22-19)13-24(18-10-11-18)12-16-6-8-17(9-7-16)15(2)3/h6-9,14-15,18H,5,10-13H2,1-4H3. The van der Waals surface area contributed by atoms with Crippen LogP contribution in [0.2, 0.25) is 0 Å². The van der Waals surface area contributed by atoms with Gasteiger partial charge in [-0.3, -0.25) is 9.69 Å². The molecule has 0 saturated heterocycles. The van der Waals surface area contributed by atoms with Crippen LogP contribution in [0.15, 0.2) is 34.9 Å². The van der Waals surface area contributed by atoms with Crippen LogP contribution in [0.1, 0.15) is 67.0 Å². The van der Waals surface area contributed by atoms with Crippen molar-refractivity contribution in [1.82, 2.24) is 14.8 Å². The first-order valence-electron chi connectivity index (χ1n) is 9.50. The van der Waals surface area contributed by atoms with Crippen molar-refractivity contribution in [1.29, 1.82) is 0 Å². The number of aromatic nitrogens is 1. The van der Waals surface area contributed by atoms with Gasteiger partial charge in [0.2, 0.25) is 5.89 Å². The zero-order valence-corrected chi connectivity index (χ0v) is 16.2. The van der Waals surface area contributed by atoms with Gasteiger partial charge in [0, 0.05) is 26.2 Å². The van der Waals surface area contributed by atoms with Crippen LogP contribution < -0.4 is 0 Å². The lowest BCUT2D eigenvalue weighted by Crippen LogP contribution is -2.27. The fraction of sp³-hybridized carbons (Fsp3) is 0.524. The van der Waals surface area contributed by atoms with Crippen LogP contribution in [0.5, 0.6) is 0 Å². The van der Waals surface area contributed by atoms with Crippen molar-refractivity contribution in [2.75, 3.05) is 13.6 Å². The topological polar surface area (TPSA) is 49.6 Å². The summed E-state index contributed by atoms with van der Waals surface area (Å²) in [5.74, 6) is 1.07. The maximum Gasteiger partial charge on any atom is 0.275 e. The highest BCUT2D eigenvalue weighted by molar-refractivity contribution is 5.91. The molecule has 0 atom stereocenters. The number of carbonyl (C=O) groups is 1. The first-order chi connectivity index (χ1) is 12.5. The molecular formula is C21H29N3O2.